The number of fused-ring (bicyclic) bond motifs is 1. The number of aliphatic imine (C=N–C) groups is 1. The molecule has 0 aromatic carbocycles. The smallest absolute Gasteiger partial charge is 0.298 e. The van der Waals surface area contributed by atoms with E-state index in [1.165, 1.54) is 12.4 Å². The highest BCUT2D eigenvalue weighted by Gasteiger charge is 2.31. The van der Waals surface area contributed by atoms with Crippen molar-refractivity contribution in [2.75, 3.05) is 0 Å². The summed E-state index contributed by atoms with van der Waals surface area (Å²) in [4.78, 5) is 8.38. The minimum absolute atomic E-state index is 0.162. The number of alkyl halides is 3. The second-order valence-electron chi connectivity index (χ2n) is 5.35. The molecule has 0 radical (unpaired) electrons. The van der Waals surface area contributed by atoms with Crippen molar-refractivity contribution in [3.63, 3.8) is 0 Å². The Bertz CT molecular complexity index is 831. The third kappa shape index (κ3) is 3.17. The Kier molecular flexibility index (Phi) is 4.02. The number of imidazole rings is 1. The second kappa shape index (κ2) is 5.85. The fourth-order valence-corrected chi connectivity index (χ4v) is 2.50. The topological polar surface area (TPSA) is 29.7 Å². The van der Waals surface area contributed by atoms with Crippen LogP contribution in [0.1, 0.15) is 24.6 Å². The van der Waals surface area contributed by atoms with E-state index in [-0.39, 0.29) is 11.6 Å². The van der Waals surface area contributed by atoms with E-state index < -0.39 is 11.7 Å². The summed E-state index contributed by atoms with van der Waals surface area (Å²) >= 11 is 6.26. The number of hydrogen-bond donors (Lipinski definition) is 0. The van der Waals surface area contributed by atoms with Crippen LogP contribution in [-0.4, -0.2) is 15.1 Å². The summed E-state index contributed by atoms with van der Waals surface area (Å²) in [6.45, 7) is 2.00. The molecule has 0 bridgehead atoms. The van der Waals surface area contributed by atoms with E-state index in [4.69, 9.17) is 11.6 Å². The van der Waals surface area contributed by atoms with Gasteiger partial charge in [-0.1, -0.05) is 24.6 Å². The minimum atomic E-state index is -4.40. The van der Waals surface area contributed by atoms with Gasteiger partial charge in [-0.2, -0.15) is 13.2 Å². The molecule has 0 saturated heterocycles. The molecule has 1 aliphatic rings. The van der Waals surface area contributed by atoms with Crippen molar-refractivity contribution in [2.45, 2.75) is 19.5 Å². The molecule has 1 atom stereocenters. The molecule has 23 heavy (non-hydrogen) atoms. The van der Waals surface area contributed by atoms with E-state index in [9.17, 15) is 13.2 Å². The van der Waals surface area contributed by atoms with Crippen LogP contribution >= 0.6 is 11.6 Å². The number of hydrogen-bond acceptors (Lipinski definition) is 2. The standard InChI is InChI=1S/C16H13ClF3N3/c1-10-3-2-5-21-13(8-12(10)17)14-9-22-15-7-11(16(18,19)20)4-6-23(14)15/h2,4-10H,3H2,1H3/b5-2+,12-8+,21-13+. The molecule has 3 rings (SSSR count). The first-order valence-corrected chi connectivity index (χ1v) is 7.38. The molecule has 0 N–H and O–H groups in total. The van der Waals surface area contributed by atoms with Crippen molar-refractivity contribution in [3.05, 3.63) is 59.2 Å². The summed E-state index contributed by atoms with van der Waals surface area (Å²) in [6.07, 6.45) is 4.55. The molecule has 0 aliphatic carbocycles. The van der Waals surface area contributed by atoms with Gasteiger partial charge in [-0.15, -0.1) is 0 Å². The third-order valence-electron chi connectivity index (χ3n) is 3.66. The van der Waals surface area contributed by atoms with Crippen LogP contribution in [0.25, 0.3) is 5.65 Å². The van der Waals surface area contributed by atoms with Gasteiger partial charge in [-0.3, -0.25) is 9.39 Å². The predicted molar refractivity (Wildman–Crippen MR) is 83.6 cm³/mol. The largest absolute Gasteiger partial charge is 0.416 e. The fourth-order valence-electron chi connectivity index (χ4n) is 2.31. The highest BCUT2D eigenvalue weighted by Crippen LogP contribution is 2.30. The van der Waals surface area contributed by atoms with Crippen LogP contribution in [0.3, 0.4) is 0 Å². The summed E-state index contributed by atoms with van der Waals surface area (Å²) in [5.41, 5.74) is 0.626. The molecule has 3 nitrogen and oxygen atoms in total. The van der Waals surface area contributed by atoms with E-state index in [2.05, 4.69) is 9.98 Å². The number of aromatic nitrogens is 2. The average Bonchev–Trinajstić information content (AvgIpc) is 2.90. The number of nitrogens with zero attached hydrogens (tertiary/aromatic N) is 3. The molecule has 120 valence electrons. The molecular weight excluding hydrogens is 327 g/mol. The Morgan fingerprint density at radius 3 is 2.87 bits per heavy atom. The summed E-state index contributed by atoms with van der Waals surface area (Å²) in [5, 5.41) is 0.648. The van der Waals surface area contributed by atoms with Crippen LogP contribution in [0, 0.1) is 5.92 Å². The van der Waals surface area contributed by atoms with Gasteiger partial charge in [0, 0.05) is 17.4 Å². The number of rotatable bonds is 1. The Balaban J connectivity index is 2.10. The Morgan fingerprint density at radius 1 is 1.35 bits per heavy atom. The van der Waals surface area contributed by atoms with Crippen molar-refractivity contribution in [1.29, 1.82) is 0 Å². The fraction of sp³-hybridized carbons (Fsp3) is 0.250. The van der Waals surface area contributed by atoms with Gasteiger partial charge < -0.3 is 0 Å². The van der Waals surface area contributed by atoms with Crippen LogP contribution in [0.4, 0.5) is 13.2 Å². The van der Waals surface area contributed by atoms with Crippen molar-refractivity contribution < 1.29 is 13.2 Å². The van der Waals surface area contributed by atoms with Gasteiger partial charge in [0.1, 0.15) is 5.65 Å². The molecule has 3 heterocycles. The molecule has 0 amide bonds. The van der Waals surface area contributed by atoms with E-state index >= 15 is 0 Å². The zero-order valence-electron chi connectivity index (χ0n) is 12.2. The van der Waals surface area contributed by atoms with Gasteiger partial charge in [0.2, 0.25) is 0 Å². The Labute approximate surface area is 135 Å². The zero-order valence-corrected chi connectivity index (χ0v) is 12.9. The maximum atomic E-state index is 12.8. The molecule has 7 heteroatoms. The lowest BCUT2D eigenvalue weighted by Crippen LogP contribution is -2.08. The molecule has 2 aromatic heterocycles. The molecule has 2 aromatic rings. The number of allylic oxidation sites excluding steroid dienone is 3. The van der Waals surface area contributed by atoms with Crippen LogP contribution < -0.4 is 0 Å². The van der Waals surface area contributed by atoms with Gasteiger partial charge in [0.25, 0.3) is 0 Å². The van der Waals surface area contributed by atoms with Crippen LogP contribution in [0.2, 0.25) is 0 Å². The van der Waals surface area contributed by atoms with Gasteiger partial charge in [-0.05, 0) is 30.5 Å². The van der Waals surface area contributed by atoms with E-state index in [0.717, 1.165) is 18.6 Å². The third-order valence-corrected chi connectivity index (χ3v) is 4.14. The highest BCUT2D eigenvalue weighted by atomic mass is 35.5. The maximum absolute atomic E-state index is 12.8. The summed E-state index contributed by atoms with van der Waals surface area (Å²) in [7, 11) is 0. The van der Waals surface area contributed by atoms with Gasteiger partial charge >= 0.3 is 6.18 Å². The molecule has 0 saturated carbocycles. The first-order chi connectivity index (χ1) is 10.9. The van der Waals surface area contributed by atoms with Crippen molar-refractivity contribution in [1.82, 2.24) is 9.38 Å². The van der Waals surface area contributed by atoms with Crippen LogP contribution in [-0.2, 0) is 6.18 Å². The first kappa shape index (κ1) is 15.8. The zero-order chi connectivity index (χ0) is 16.6. The summed E-state index contributed by atoms with van der Waals surface area (Å²) < 4.78 is 39.9. The molecule has 1 aliphatic heterocycles. The van der Waals surface area contributed by atoms with Crippen molar-refractivity contribution in [2.24, 2.45) is 10.9 Å². The summed E-state index contributed by atoms with van der Waals surface area (Å²) in [5.74, 6) is 0.162. The molecule has 0 fully saturated rings. The lowest BCUT2D eigenvalue weighted by atomic mass is 10.0. The van der Waals surface area contributed by atoms with E-state index in [1.807, 2.05) is 13.0 Å². The number of halogens is 4. The van der Waals surface area contributed by atoms with E-state index in [1.54, 1.807) is 16.7 Å². The molecular formula is C16H13ClF3N3. The SMILES string of the molecule is CC1C/C=C/N=C(c2cnc3cc(C(F)(F)F)ccn23)\C=C/1Cl. The normalized spacial score (nSPS) is 25.2. The molecule has 0 spiro atoms. The van der Waals surface area contributed by atoms with E-state index in [0.29, 0.717) is 16.4 Å². The maximum Gasteiger partial charge on any atom is 0.416 e. The van der Waals surface area contributed by atoms with Gasteiger partial charge in [0.15, 0.2) is 0 Å². The van der Waals surface area contributed by atoms with Crippen molar-refractivity contribution >= 4 is 23.0 Å². The summed E-state index contributed by atoms with van der Waals surface area (Å²) in [6, 6.07) is 2.03. The average molecular weight is 340 g/mol. The lowest BCUT2D eigenvalue weighted by Gasteiger charge is -2.11. The predicted octanol–water partition coefficient (Wildman–Crippen LogP) is 4.82. The number of pyridine rings is 1. The van der Waals surface area contributed by atoms with Crippen molar-refractivity contribution in [3.8, 4) is 0 Å². The van der Waals surface area contributed by atoms with Crippen LogP contribution in [0.15, 0.2) is 52.9 Å². The van der Waals surface area contributed by atoms with Gasteiger partial charge in [0.05, 0.1) is 23.2 Å². The van der Waals surface area contributed by atoms with Gasteiger partial charge in [-0.25, -0.2) is 4.98 Å². The molecule has 1 unspecified atom stereocenters. The quantitative estimate of drug-likeness (QED) is 0.732. The minimum Gasteiger partial charge on any atom is -0.298 e. The highest BCUT2D eigenvalue weighted by molar-refractivity contribution is 6.32. The Morgan fingerprint density at radius 2 is 2.13 bits per heavy atom. The second-order valence-corrected chi connectivity index (χ2v) is 5.79. The monoisotopic (exact) mass is 339 g/mol. The van der Waals surface area contributed by atoms with Crippen LogP contribution in [0.5, 0.6) is 0 Å². The lowest BCUT2D eigenvalue weighted by molar-refractivity contribution is -0.137. The Hall–Kier alpha value is -2.08. The first-order valence-electron chi connectivity index (χ1n) is 7.01.